The van der Waals surface area contributed by atoms with Crippen molar-refractivity contribution in [3.63, 3.8) is 0 Å². The van der Waals surface area contributed by atoms with Gasteiger partial charge in [0.05, 0.1) is 17.8 Å². The van der Waals surface area contributed by atoms with Gasteiger partial charge in [-0.25, -0.2) is 4.98 Å². The first-order valence-electron chi connectivity index (χ1n) is 7.65. The maximum absolute atomic E-state index is 11.3. The van der Waals surface area contributed by atoms with E-state index in [9.17, 15) is 9.90 Å². The van der Waals surface area contributed by atoms with Gasteiger partial charge in [-0.15, -0.1) is 0 Å². The molecule has 1 atom stereocenters. The summed E-state index contributed by atoms with van der Waals surface area (Å²) in [6.45, 7) is 3.46. The van der Waals surface area contributed by atoms with Crippen LogP contribution in [-0.4, -0.2) is 36.2 Å². The molecule has 1 aromatic heterocycles. The summed E-state index contributed by atoms with van der Waals surface area (Å²) in [5.41, 5.74) is 2.19. The third-order valence-electron chi connectivity index (χ3n) is 4.36. The highest BCUT2D eigenvalue weighted by atomic mass is 16.4. The molecule has 2 heterocycles. The number of nitrogens with zero attached hydrogens (tertiary/aromatic N) is 2. The molecule has 0 bridgehead atoms. The minimum Gasteiger partial charge on any atom is -0.481 e. The smallest absolute Gasteiger partial charge is 0.308 e. The van der Waals surface area contributed by atoms with E-state index in [0.29, 0.717) is 6.54 Å². The summed E-state index contributed by atoms with van der Waals surface area (Å²) in [6, 6.07) is 6.30. The summed E-state index contributed by atoms with van der Waals surface area (Å²) in [5.74, 6) is -0.128. The normalized spacial score (nSPS) is 18.5. The van der Waals surface area contributed by atoms with E-state index < -0.39 is 5.97 Å². The summed E-state index contributed by atoms with van der Waals surface area (Å²) in [5, 5.41) is 14.7. The molecular weight excluding hydrogens is 278 g/mol. The highest BCUT2D eigenvalue weighted by Crippen LogP contribution is 2.32. The molecule has 1 aromatic carbocycles. The number of anilines is 2. The molecular formula is C17H21N3O2. The second kappa shape index (κ2) is 5.83. The Labute approximate surface area is 130 Å². The summed E-state index contributed by atoms with van der Waals surface area (Å²) in [6.07, 6.45) is 3.47. The zero-order chi connectivity index (χ0) is 15.7. The van der Waals surface area contributed by atoms with Crippen LogP contribution in [0.3, 0.4) is 0 Å². The molecule has 1 fully saturated rings. The largest absolute Gasteiger partial charge is 0.481 e. The minimum atomic E-state index is -0.711. The Kier molecular flexibility index (Phi) is 3.88. The number of pyridine rings is 1. The van der Waals surface area contributed by atoms with E-state index in [0.717, 1.165) is 41.7 Å². The molecule has 0 radical (unpaired) electrons. The van der Waals surface area contributed by atoms with Gasteiger partial charge in [-0.05, 0) is 25.8 Å². The zero-order valence-electron chi connectivity index (χ0n) is 13.0. The van der Waals surface area contributed by atoms with Crippen molar-refractivity contribution in [2.24, 2.45) is 5.92 Å². The third kappa shape index (κ3) is 2.58. The summed E-state index contributed by atoms with van der Waals surface area (Å²) in [4.78, 5) is 18.0. The molecule has 116 valence electrons. The highest BCUT2D eigenvalue weighted by molar-refractivity contribution is 6.00. The van der Waals surface area contributed by atoms with Crippen molar-refractivity contribution in [1.82, 2.24) is 4.98 Å². The van der Waals surface area contributed by atoms with Gasteiger partial charge in [0.1, 0.15) is 5.82 Å². The number of carboxylic acids is 1. The predicted molar refractivity (Wildman–Crippen MR) is 88.6 cm³/mol. The fourth-order valence-electron chi connectivity index (χ4n) is 3.16. The van der Waals surface area contributed by atoms with Gasteiger partial charge in [0.25, 0.3) is 0 Å². The molecule has 2 N–H and O–H groups in total. The lowest BCUT2D eigenvalue weighted by Crippen LogP contribution is -2.39. The second-order valence-electron chi connectivity index (χ2n) is 5.92. The fraction of sp³-hybridized carbons (Fsp3) is 0.412. The molecule has 1 saturated heterocycles. The second-order valence-corrected chi connectivity index (χ2v) is 5.92. The van der Waals surface area contributed by atoms with Gasteiger partial charge in [-0.3, -0.25) is 4.79 Å². The van der Waals surface area contributed by atoms with Crippen LogP contribution in [0.5, 0.6) is 0 Å². The molecule has 1 aliphatic heterocycles. The lowest BCUT2D eigenvalue weighted by atomic mass is 9.97. The van der Waals surface area contributed by atoms with Gasteiger partial charge >= 0.3 is 5.97 Å². The lowest BCUT2D eigenvalue weighted by molar-refractivity contribution is -0.141. The number of hydrogen-bond donors (Lipinski definition) is 2. The number of rotatable bonds is 3. The van der Waals surface area contributed by atoms with Crippen LogP contribution in [0.2, 0.25) is 0 Å². The molecule has 0 saturated carbocycles. The maximum Gasteiger partial charge on any atom is 0.308 e. The van der Waals surface area contributed by atoms with Crippen molar-refractivity contribution in [2.45, 2.75) is 19.8 Å². The number of aliphatic carboxylic acids is 1. The van der Waals surface area contributed by atoms with Crippen molar-refractivity contribution in [3.05, 3.63) is 30.0 Å². The number of hydrogen-bond acceptors (Lipinski definition) is 4. The highest BCUT2D eigenvalue weighted by Gasteiger charge is 2.27. The Morgan fingerprint density at radius 1 is 1.41 bits per heavy atom. The minimum absolute atomic E-state index is 0.306. The van der Waals surface area contributed by atoms with Crippen LogP contribution in [0, 0.1) is 12.8 Å². The molecule has 1 unspecified atom stereocenters. The number of benzene rings is 1. The standard InChI is InChI=1S/C17H21N3O2/c1-11-5-6-13-14(8-11)15(18-2)9-19-16(13)20-7-3-4-12(10-20)17(21)22/h5-6,8-9,12,18H,3-4,7,10H2,1-2H3,(H,21,22). The number of nitrogens with one attached hydrogen (secondary N) is 1. The molecule has 0 spiro atoms. The average molecular weight is 299 g/mol. The molecule has 0 amide bonds. The Hall–Kier alpha value is -2.30. The molecule has 0 aliphatic carbocycles. The van der Waals surface area contributed by atoms with E-state index in [2.05, 4.69) is 40.3 Å². The molecule has 3 rings (SSSR count). The van der Waals surface area contributed by atoms with Crippen LogP contribution in [0.1, 0.15) is 18.4 Å². The first kappa shape index (κ1) is 14.6. The quantitative estimate of drug-likeness (QED) is 0.912. The van der Waals surface area contributed by atoms with E-state index in [4.69, 9.17) is 0 Å². The number of fused-ring (bicyclic) bond motifs is 1. The first-order valence-corrected chi connectivity index (χ1v) is 7.65. The molecule has 5 nitrogen and oxygen atoms in total. The number of piperidine rings is 1. The van der Waals surface area contributed by atoms with E-state index in [-0.39, 0.29) is 5.92 Å². The Morgan fingerprint density at radius 3 is 2.95 bits per heavy atom. The van der Waals surface area contributed by atoms with E-state index >= 15 is 0 Å². The van der Waals surface area contributed by atoms with Crippen molar-refractivity contribution < 1.29 is 9.90 Å². The summed E-state index contributed by atoms with van der Waals surface area (Å²) >= 11 is 0. The van der Waals surface area contributed by atoms with Crippen LogP contribution in [0.15, 0.2) is 24.4 Å². The van der Waals surface area contributed by atoms with E-state index in [1.165, 1.54) is 5.56 Å². The number of carbonyl (C=O) groups is 1. The van der Waals surface area contributed by atoms with Gasteiger partial charge in [-0.1, -0.05) is 17.7 Å². The lowest BCUT2D eigenvalue weighted by Gasteiger charge is -2.32. The summed E-state index contributed by atoms with van der Waals surface area (Å²) in [7, 11) is 1.89. The Morgan fingerprint density at radius 2 is 2.23 bits per heavy atom. The number of aryl methyl sites for hydroxylation is 1. The van der Waals surface area contributed by atoms with Crippen molar-refractivity contribution in [1.29, 1.82) is 0 Å². The van der Waals surface area contributed by atoms with Crippen LogP contribution in [0.25, 0.3) is 10.8 Å². The summed E-state index contributed by atoms with van der Waals surface area (Å²) < 4.78 is 0. The number of carboxylic acid groups (broad SMARTS) is 1. The van der Waals surface area contributed by atoms with Gasteiger partial charge in [0.15, 0.2) is 0 Å². The van der Waals surface area contributed by atoms with Crippen molar-refractivity contribution in [3.8, 4) is 0 Å². The Balaban J connectivity index is 2.05. The maximum atomic E-state index is 11.3. The van der Waals surface area contributed by atoms with Gasteiger partial charge in [-0.2, -0.15) is 0 Å². The predicted octanol–water partition coefficient (Wildman–Crippen LogP) is 2.89. The van der Waals surface area contributed by atoms with Crippen LogP contribution >= 0.6 is 0 Å². The zero-order valence-corrected chi connectivity index (χ0v) is 13.0. The number of aromatic nitrogens is 1. The topological polar surface area (TPSA) is 65.5 Å². The molecule has 22 heavy (non-hydrogen) atoms. The Bertz CT molecular complexity index is 714. The molecule has 1 aliphatic rings. The van der Waals surface area contributed by atoms with Crippen LogP contribution in [-0.2, 0) is 4.79 Å². The fourth-order valence-corrected chi connectivity index (χ4v) is 3.16. The SMILES string of the molecule is CNc1cnc(N2CCCC(C(=O)O)C2)c2ccc(C)cc12. The molecule has 5 heteroatoms. The van der Waals surface area contributed by atoms with Crippen molar-refractivity contribution >= 4 is 28.2 Å². The van der Waals surface area contributed by atoms with Crippen LogP contribution in [0.4, 0.5) is 11.5 Å². The van der Waals surface area contributed by atoms with Gasteiger partial charge < -0.3 is 15.3 Å². The first-order chi connectivity index (χ1) is 10.6. The monoisotopic (exact) mass is 299 g/mol. The van der Waals surface area contributed by atoms with Gasteiger partial charge in [0, 0.05) is 30.9 Å². The third-order valence-corrected chi connectivity index (χ3v) is 4.36. The van der Waals surface area contributed by atoms with Crippen LogP contribution < -0.4 is 10.2 Å². The average Bonchev–Trinajstić information content (AvgIpc) is 2.53. The van der Waals surface area contributed by atoms with Crippen molar-refractivity contribution in [2.75, 3.05) is 30.4 Å². The van der Waals surface area contributed by atoms with Gasteiger partial charge in [0.2, 0.25) is 0 Å². The van der Waals surface area contributed by atoms with E-state index in [1.807, 2.05) is 13.2 Å². The molecule has 2 aromatic rings. The van der Waals surface area contributed by atoms with E-state index in [1.54, 1.807) is 0 Å².